The van der Waals surface area contributed by atoms with Gasteiger partial charge in [0.2, 0.25) is 5.91 Å². The number of nitrogens with zero attached hydrogens (tertiary/aromatic N) is 2. The van der Waals surface area contributed by atoms with Gasteiger partial charge in [0.25, 0.3) is 0 Å². The molecule has 2 aliphatic heterocycles. The van der Waals surface area contributed by atoms with E-state index in [9.17, 15) is 4.79 Å². The summed E-state index contributed by atoms with van der Waals surface area (Å²) < 4.78 is 6.32. The average molecular weight is 460 g/mol. The maximum absolute atomic E-state index is 12.5. The van der Waals surface area contributed by atoms with E-state index in [1.807, 2.05) is 0 Å². The Morgan fingerprint density at radius 2 is 1.85 bits per heavy atom. The molecule has 6 heteroatoms. The summed E-state index contributed by atoms with van der Waals surface area (Å²) in [7, 11) is 1.62. The van der Waals surface area contributed by atoms with Gasteiger partial charge in [-0.3, -0.25) is 9.69 Å². The van der Waals surface area contributed by atoms with Crippen molar-refractivity contribution in [2.45, 2.75) is 51.1 Å². The van der Waals surface area contributed by atoms with Crippen molar-refractivity contribution in [2.75, 3.05) is 33.4 Å². The molecule has 27 heavy (non-hydrogen) atoms. The van der Waals surface area contributed by atoms with E-state index in [-0.39, 0.29) is 24.9 Å². The number of amides is 1. The Morgan fingerprint density at radius 1 is 1.11 bits per heavy atom. The summed E-state index contributed by atoms with van der Waals surface area (Å²) in [6, 6.07) is 8.90. The largest absolute Gasteiger partial charge is 0.375 e. The van der Waals surface area contributed by atoms with Gasteiger partial charge in [0.15, 0.2) is 0 Å². The zero-order valence-electron chi connectivity index (χ0n) is 16.2. The molecule has 0 N–H and O–H groups in total. The number of benzene rings is 1. The van der Waals surface area contributed by atoms with Gasteiger partial charge in [0, 0.05) is 30.7 Å². The van der Waals surface area contributed by atoms with E-state index in [0.717, 1.165) is 39.0 Å². The van der Waals surface area contributed by atoms with Gasteiger partial charge in [-0.15, -0.1) is 12.4 Å². The summed E-state index contributed by atoms with van der Waals surface area (Å²) in [5.41, 5.74) is 1.36. The van der Waals surface area contributed by atoms with Crippen LogP contribution in [-0.4, -0.2) is 55.1 Å². The van der Waals surface area contributed by atoms with E-state index in [4.69, 9.17) is 4.74 Å². The quantitative estimate of drug-likeness (QED) is 0.650. The molecule has 0 aromatic heterocycles. The predicted molar refractivity (Wildman–Crippen MR) is 115 cm³/mol. The van der Waals surface area contributed by atoms with Gasteiger partial charge >= 0.3 is 0 Å². The van der Waals surface area contributed by atoms with Crippen LogP contribution in [0.1, 0.15) is 44.1 Å². The number of carbonyl (C=O) groups excluding carboxylic acids is 1. The SMILES string of the molecule is COCC(=O)N1CCCCCC1C1CCN(Cc2ccccc2Br)CC1.Cl. The Balaban J connectivity index is 0.00000261. The first kappa shape index (κ1) is 22.7. The zero-order chi connectivity index (χ0) is 18.4. The number of rotatable bonds is 5. The third-order valence-electron chi connectivity index (χ3n) is 5.92. The molecule has 0 aliphatic carbocycles. The minimum absolute atomic E-state index is 0. The van der Waals surface area contributed by atoms with Crippen LogP contribution in [0.2, 0.25) is 0 Å². The fourth-order valence-electron chi connectivity index (χ4n) is 4.50. The highest BCUT2D eigenvalue weighted by molar-refractivity contribution is 9.10. The molecule has 2 heterocycles. The van der Waals surface area contributed by atoms with Gasteiger partial charge in [-0.1, -0.05) is 47.0 Å². The Labute approximate surface area is 178 Å². The van der Waals surface area contributed by atoms with Crippen LogP contribution in [0.15, 0.2) is 28.7 Å². The van der Waals surface area contributed by atoms with E-state index in [1.54, 1.807) is 7.11 Å². The Bertz CT molecular complexity index is 593. The van der Waals surface area contributed by atoms with Crippen molar-refractivity contribution in [1.82, 2.24) is 9.80 Å². The molecule has 0 bridgehead atoms. The van der Waals surface area contributed by atoms with Crippen molar-refractivity contribution in [3.63, 3.8) is 0 Å². The normalized spacial score (nSPS) is 22.1. The lowest BCUT2D eigenvalue weighted by atomic mass is 9.86. The molecule has 2 saturated heterocycles. The second-order valence-corrected chi connectivity index (χ2v) is 8.50. The van der Waals surface area contributed by atoms with Gasteiger partial charge < -0.3 is 9.64 Å². The Hall–Kier alpha value is -0.620. The number of likely N-dealkylation sites (tertiary alicyclic amines) is 2. The molecule has 0 radical (unpaired) electrons. The number of methoxy groups -OCH3 is 1. The van der Waals surface area contributed by atoms with Crippen molar-refractivity contribution in [1.29, 1.82) is 0 Å². The molecule has 2 fully saturated rings. The molecule has 1 amide bonds. The lowest BCUT2D eigenvalue weighted by Gasteiger charge is -2.40. The van der Waals surface area contributed by atoms with Crippen LogP contribution in [-0.2, 0) is 16.1 Å². The van der Waals surface area contributed by atoms with E-state index < -0.39 is 0 Å². The van der Waals surface area contributed by atoms with Crippen LogP contribution in [0.25, 0.3) is 0 Å². The molecule has 4 nitrogen and oxygen atoms in total. The highest BCUT2D eigenvalue weighted by atomic mass is 79.9. The summed E-state index contributed by atoms with van der Waals surface area (Å²) in [5, 5.41) is 0. The third kappa shape index (κ3) is 6.18. The van der Waals surface area contributed by atoms with Crippen LogP contribution in [0.3, 0.4) is 0 Å². The Morgan fingerprint density at radius 3 is 2.56 bits per heavy atom. The van der Waals surface area contributed by atoms with E-state index in [1.165, 1.54) is 35.7 Å². The summed E-state index contributed by atoms with van der Waals surface area (Å²) in [6.45, 7) is 4.37. The minimum atomic E-state index is 0. The van der Waals surface area contributed by atoms with Gasteiger partial charge in [0.1, 0.15) is 6.61 Å². The number of halogens is 2. The Kier molecular flexibility index (Phi) is 9.57. The number of ether oxygens (including phenoxy) is 1. The van der Waals surface area contributed by atoms with E-state index in [0.29, 0.717) is 12.0 Å². The van der Waals surface area contributed by atoms with Crippen molar-refractivity contribution in [3.8, 4) is 0 Å². The van der Waals surface area contributed by atoms with E-state index >= 15 is 0 Å². The number of hydrogen-bond donors (Lipinski definition) is 0. The monoisotopic (exact) mass is 458 g/mol. The lowest BCUT2D eigenvalue weighted by Crippen LogP contribution is -2.48. The second-order valence-electron chi connectivity index (χ2n) is 7.64. The van der Waals surface area contributed by atoms with Crippen LogP contribution in [0.4, 0.5) is 0 Å². The fourth-order valence-corrected chi connectivity index (χ4v) is 4.91. The fraction of sp³-hybridized carbons (Fsp3) is 0.667. The van der Waals surface area contributed by atoms with Gasteiger partial charge in [-0.25, -0.2) is 0 Å². The van der Waals surface area contributed by atoms with Crippen LogP contribution in [0.5, 0.6) is 0 Å². The molecule has 0 spiro atoms. The number of hydrogen-bond acceptors (Lipinski definition) is 3. The molecule has 1 unspecified atom stereocenters. The highest BCUT2D eigenvalue weighted by Crippen LogP contribution is 2.31. The van der Waals surface area contributed by atoms with Crippen LogP contribution < -0.4 is 0 Å². The average Bonchev–Trinajstić information content (AvgIpc) is 2.91. The van der Waals surface area contributed by atoms with Gasteiger partial charge in [-0.2, -0.15) is 0 Å². The first-order valence-electron chi connectivity index (χ1n) is 9.93. The molecule has 1 aromatic carbocycles. The molecule has 2 aliphatic rings. The summed E-state index contributed by atoms with van der Waals surface area (Å²) in [5.74, 6) is 0.805. The summed E-state index contributed by atoms with van der Waals surface area (Å²) >= 11 is 3.66. The first-order chi connectivity index (χ1) is 12.7. The molecule has 1 atom stereocenters. The number of piperidine rings is 1. The molecule has 0 saturated carbocycles. The van der Waals surface area contributed by atoms with E-state index in [2.05, 4.69) is 50.0 Å². The number of carbonyl (C=O) groups is 1. The summed E-state index contributed by atoms with van der Waals surface area (Å²) in [4.78, 5) is 17.2. The van der Waals surface area contributed by atoms with Crippen molar-refractivity contribution < 1.29 is 9.53 Å². The highest BCUT2D eigenvalue weighted by Gasteiger charge is 2.33. The standard InChI is InChI=1S/C21H31BrN2O2.ClH/c1-26-16-21(25)24-12-6-2-3-9-20(24)17-10-13-23(14-11-17)15-18-7-4-5-8-19(18)22;/h4-5,7-8,17,20H,2-3,6,9-16H2,1H3;1H. The predicted octanol–water partition coefficient (Wildman–Crippen LogP) is 4.50. The second kappa shape index (κ2) is 11.4. The molecule has 3 rings (SSSR count). The lowest BCUT2D eigenvalue weighted by molar-refractivity contribution is -0.139. The van der Waals surface area contributed by atoms with Crippen LogP contribution >= 0.6 is 28.3 Å². The van der Waals surface area contributed by atoms with Gasteiger partial charge in [-0.05, 0) is 56.3 Å². The molecular weight excluding hydrogens is 428 g/mol. The first-order valence-corrected chi connectivity index (χ1v) is 10.7. The van der Waals surface area contributed by atoms with Crippen LogP contribution in [0, 0.1) is 5.92 Å². The maximum atomic E-state index is 12.5. The summed E-state index contributed by atoms with van der Waals surface area (Å²) in [6.07, 6.45) is 7.15. The van der Waals surface area contributed by atoms with Gasteiger partial charge in [0.05, 0.1) is 0 Å². The van der Waals surface area contributed by atoms with Crippen molar-refractivity contribution >= 4 is 34.2 Å². The molecule has 1 aromatic rings. The smallest absolute Gasteiger partial charge is 0.248 e. The topological polar surface area (TPSA) is 32.8 Å². The van der Waals surface area contributed by atoms with Crippen molar-refractivity contribution in [2.24, 2.45) is 5.92 Å². The molecular formula is C21H32BrClN2O2. The minimum Gasteiger partial charge on any atom is -0.375 e. The maximum Gasteiger partial charge on any atom is 0.248 e. The third-order valence-corrected chi connectivity index (χ3v) is 6.69. The molecule has 152 valence electrons. The zero-order valence-corrected chi connectivity index (χ0v) is 18.6. The van der Waals surface area contributed by atoms with Crippen molar-refractivity contribution in [3.05, 3.63) is 34.3 Å².